The Kier molecular flexibility index (Phi) is 6.30. The second-order valence-corrected chi connectivity index (χ2v) is 10.4. The molecule has 6 rings (SSSR count). The van der Waals surface area contributed by atoms with E-state index >= 15 is 0 Å². The summed E-state index contributed by atoms with van der Waals surface area (Å²) >= 11 is 0. The smallest absolute Gasteiger partial charge is 0.121 e. The first-order chi connectivity index (χ1) is 18.6. The predicted octanol–water partition coefficient (Wildman–Crippen LogP) is 7.13. The average Bonchev–Trinajstić information content (AvgIpc) is 3.64. The van der Waals surface area contributed by atoms with Gasteiger partial charge < -0.3 is 9.67 Å². The Morgan fingerprint density at radius 3 is 1.92 bits per heavy atom. The van der Waals surface area contributed by atoms with E-state index in [0.717, 1.165) is 17.7 Å². The number of fused-ring (bicyclic) bond motifs is 1. The summed E-state index contributed by atoms with van der Waals surface area (Å²) in [5, 5.41) is 11.4. The summed E-state index contributed by atoms with van der Waals surface area (Å²) < 4.78 is 2.23. The Morgan fingerprint density at radius 2 is 1.34 bits per heavy atom. The molecule has 38 heavy (non-hydrogen) atoms. The molecule has 1 heterocycles. The second kappa shape index (κ2) is 9.92. The van der Waals surface area contributed by atoms with Crippen LogP contribution in [0.2, 0.25) is 0 Å². The first-order valence-electron chi connectivity index (χ1n) is 13.3. The lowest BCUT2D eigenvalue weighted by atomic mass is 9.77. The molecule has 5 aromatic rings. The number of nitrogens with zero attached hydrogens (tertiary/aromatic N) is 2. The molecule has 3 nitrogen and oxygen atoms in total. The van der Waals surface area contributed by atoms with Gasteiger partial charge in [-0.15, -0.1) is 0 Å². The molecule has 1 aromatic heterocycles. The Hall–Kier alpha value is -4.21. The fourth-order valence-corrected chi connectivity index (χ4v) is 5.76. The van der Waals surface area contributed by atoms with E-state index in [1.165, 1.54) is 27.8 Å². The van der Waals surface area contributed by atoms with E-state index < -0.39 is 11.1 Å². The van der Waals surface area contributed by atoms with Crippen molar-refractivity contribution in [2.24, 2.45) is 0 Å². The van der Waals surface area contributed by atoms with Gasteiger partial charge in [-0.1, -0.05) is 115 Å². The summed E-state index contributed by atoms with van der Waals surface area (Å²) in [6.07, 6.45) is 10.6. The van der Waals surface area contributed by atoms with Crippen LogP contribution in [0.5, 0.6) is 0 Å². The van der Waals surface area contributed by atoms with Gasteiger partial charge >= 0.3 is 0 Å². The molecule has 0 saturated heterocycles. The number of aryl methyl sites for hydroxylation is 1. The van der Waals surface area contributed by atoms with Crippen molar-refractivity contribution in [1.82, 2.24) is 9.55 Å². The summed E-state index contributed by atoms with van der Waals surface area (Å²) in [6.45, 7) is 1.91. The maximum atomic E-state index is 11.4. The third-order valence-electron chi connectivity index (χ3n) is 7.87. The minimum absolute atomic E-state index is 0.579. The van der Waals surface area contributed by atoms with Gasteiger partial charge in [0.05, 0.1) is 17.6 Å². The maximum Gasteiger partial charge on any atom is 0.121 e. The van der Waals surface area contributed by atoms with Crippen LogP contribution in [0.25, 0.3) is 6.08 Å². The van der Waals surface area contributed by atoms with Crippen molar-refractivity contribution in [2.75, 3.05) is 0 Å². The van der Waals surface area contributed by atoms with Gasteiger partial charge in [-0.05, 0) is 65.6 Å². The van der Waals surface area contributed by atoms with E-state index in [0.29, 0.717) is 12.8 Å². The summed E-state index contributed by atoms with van der Waals surface area (Å²) in [7, 11) is 0. The summed E-state index contributed by atoms with van der Waals surface area (Å²) in [4.78, 5) is 4.85. The van der Waals surface area contributed by atoms with Gasteiger partial charge in [-0.2, -0.15) is 0 Å². The van der Waals surface area contributed by atoms with Crippen LogP contribution in [0.1, 0.15) is 52.4 Å². The Balaban J connectivity index is 1.38. The van der Waals surface area contributed by atoms with Crippen LogP contribution >= 0.6 is 0 Å². The highest BCUT2D eigenvalue weighted by Crippen LogP contribution is 2.41. The Labute approximate surface area is 224 Å². The number of hydrogen-bond donors (Lipinski definition) is 1. The van der Waals surface area contributed by atoms with Crippen molar-refractivity contribution in [1.29, 1.82) is 0 Å². The molecule has 0 amide bonds. The predicted molar refractivity (Wildman–Crippen MR) is 154 cm³/mol. The number of hydrogen-bond acceptors (Lipinski definition) is 2. The molecule has 1 N–H and O–H groups in total. The fourth-order valence-electron chi connectivity index (χ4n) is 5.76. The van der Waals surface area contributed by atoms with Crippen LogP contribution in [0.15, 0.2) is 128 Å². The number of imidazole rings is 1. The molecule has 0 bridgehead atoms. The molecule has 1 unspecified atom stereocenters. The molecule has 4 aromatic carbocycles. The first kappa shape index (κ1) is 24.1. The lowest BCUT2D eigenvalue weighted by Gasteiger charge is -2.37. The molecular formula is C35H32N2O. The van der Waals surface area contributed by atoms with E-state index in [4.69, 9.17) is 4.98 Å². The van der Waals surface area contributed by atoms with Gasteiger partial charge in [0, 0.05) is 6.20 Å². The number of aliphatic hydroxyl groups is 1. The molecular weight excluding hydrogens is 464 g/mol. The van der Waals surface area contributed by atoms with Gasteiger partial charge in [0.2, 0.25) is 0 Å². The average molecular weight is 497 g/mol. The van der Waals surface area contributed by atoms with E-state index in [1.54, 1.807) is 0 Å². The zero-order valence-electron chi connectivity index (χ0n) is 21.7. The van der Waals surface area contributed by atoms with Gasteiger partial charge in [0.25, 0.3) is 0 Å². The second-order valence-electron chi connectivity index (χ2n) is 10.4. The fraction of sp³-hybridized carbons (Fsp3) is 0.171. The van der Waals surface area contributed by atoms with Crippen LogP contribution in [0.3, 0.4) is 0 Å². The standard InChI is InChI=1S/C35H32N2O/c1-34(38,32-21-20-27-12-11-13-28(27)24-32)23-22-33-25-37(26-36-33)35(29-14-5-2-6-15-29,30-16-7-3-8-17-30)31-18-9-4-10-19-31/h2-11,13-21,24-26,38H,12,22-23H2,1H3. The summed E-state index contributed by atoms with van der Waals surface area (Å²) in [5.74, 6) is 0. The maximum absolute atomic E-state index is 11.4. The lowest BCUT2D eigenvalue weighted by molar-refractivity contribution is 0.0478. The van der Waals surface area contributed by atoms with Gasteiger partial charge in [-0.3, -0.25) is 0 Å². The normalized spacial score (nSPS) is 14.3. The van der Waals surface area contributed by atoms with Gasteiger partial charge in [0.1, 0.15) is 5.54 Å². The van der Waals surface area contributed by atoms with E-state index in [1.807, 2.05) is 13.3 Å². The highest BCUT2D eigenvalue weighted by atomic mass is 16.3. The number of benzene rings is 4. The first-order valence-corrected chi connectivity index (χ1v) is 13.3. The number of aromatic nitrogens is 2. The zero-order chi connectivity index (χ0) is 26.0. The Bertz CT molecular complexity index is 1450. The number of allylic oxidation sites excluding steroid dienone is 1. The van der Waals surface area contributed by atoms with E-state index in [9.17, 15) is 5.11 Å². The minimum atomic E-state index is -0.940. The van der Waals surface area contributed by atoms with Crippen LogP contribution in [0.4, 0.5) is 0 Å². The highest BCUT2D eigenvalue weighted by molar-refractivity contribution is 5.61. The van der Waals surface area contributed by atoms with Crippen LogP contribution < -0.4 is 0 Å². The van der Waals surface area contributed by atoms with Crippen molar-refractivity contribution < 1.29 is 5.11 Å². The summed E-state index contributed by atoms with van der Waals surface area (Å²) in [6, 6.07) is 38.2. The Morgan fingerprint density at radius 1 is 0.763 bits per heavy atom. The monoisotopic (exact) mass is 496 g/mol. The molecule has 1 atom stereocenters. The SMILES string of the molecule is CC(O)(CCc1cn(C(c2ccccc2)(c2ccccc2)c2ccccc2)cn1)c1ccc2c(c1)C=CC2. The van der Waals surface area contributed by atoms with E-state index in [2.05, 4.69) is 132 Å². The van der Waals surface area contributed by atoms with Crippen molar-refractivity contribution in [2.45, 2.75) is 37.3 Å². The molecule has 3 heteroatoms. The lowest BCUT2D eigenvalue weighted by Crippen LogP contribution is -2.36. The molecule has 0 spiro atoms. The third-order valence-corrected chi connectivity index (χ3v) is 7.87. The highest BCUT2D eigenvalue weighted by Gasteiger charge is 2.38. The molecule has 1 aliphatic rings. The van der Waals surface area contributed by atoms with Crippen LogP contribution in [-0.4, -0.2) is 14.7 Å². The molecule has 0 aliphatic heterocycles. The van der Waals surface area contributed by atoms with Crippen molar-refractivity contribution in [3.8, 4) is 0 Å². The topological polar surface area (TPSA) is 38.0 Å². The van der Waals surface area contributed by atoms with Crippen LogP contribution in [0, 0.1) is 0 Å². The third kappa shape index (κ3) is 4.29. The van der Waals surface area contributed by atoms with Crippen molar-refractivity contribution >= 4 is 6.08 Å². The van der Waals surface area contributed by atoms with Gasteiger partial charge in [-0.25, -0.2) is 4.98 Å². The molecule has 1 aliphatic carbocycles. The molecule has 0 fully saturated rings. The van der Waals surface area contributed by atoms with Crippen molar-refractivity contribution in [3.05, 3.63) is 167 Å². The largest absolute Gasteiger partial charge is 0.385 e. The van der Waals surface area contributed by atoms with E-state index in [-0.39, 0.29) is 0 Å². The molecule has 0 radical (unpaired) electrons. The quantitative estimate of drug-likeness (QED) is 0.232. The number of rotatable bonds is 8. The van der Waals surface area contributed by atoms with Crippen LogP contribution in [-0.2, 0) is 24.0 Å². The van der Waals surface area contributed by atoms with Gasteiger partial charge in [0.15, 0.2) is 0 Å². The zero-order valence-corrected chi connectivity index (χ0v) is 21.7. The molecule has 188 valence electrons. The van der Waals surface area contributed by atoms with Crippen molar-refractivity contribution in [3.63, 3.8) is 0 Å². The molecule has 0 saturated carbocycles. The minimum Gasteiger partial charge on any atom is -0.385 e. The summed E-state index contributed by atoms with van der Waals surface area (Å²) in [5.41, 5.74) is 6.42.